The Balaban J connectivity index is 1.76. The minimum absolute atomic E-state index is 0.00354. The molecule has 2 aromatic rings. The van der Waals surface area contributed by atoms with Gasteiger partial charge in [0.2, 0.25) is 0 Å². The maximum Gasteiger partial charge on any atom is 0.274 e. The van der Waals surface area contributed by atoms with Gasteiger partial charge in [-0.25, -0.2) is 4.98 Å². The fourth-order valence-corrected chi connectivity index (χ4v) is 5.36. The quantitative estimate of drug-likeness (QED) is 0.740. The van der Waals surface area contributed by atoms with Crippen molar-refractivity contribution in [2.75, 3.05) is 13.2 Å². The third-order valence-electron chi connectivity index (χ3n) is 4.54. The molecule has 2 aliphatic heterocycles. The van der Waals surface area contributed by atoms with Gasteiger partial charge in [-0.05, 0) is 46.5 Å². The molecule has 23 heavy (non-hydrogen) atoms. The summed E-state index contributed by atoms with van der Waals surface area (Å²) in [6.45, 7) is 1.86. The Bertz CT molecular complexity index is 773. The van der Waals surface area contributed by atoms with E-state index in [9.17, 15) is 4.79 Å². The second-order valence-electron chi connectivity index (χ2n) is 5.81. The van der Waals surface area contributed by atoms with Crippen LogP contribution in [-0.2, 0) is 16.8 Å². The van der Waals surface area contributed by atoms with E-state index in [4.69, 9.17) is 16.3 Å². The van der Waals surface area contributed by atoms with Gasteiger partial charge in [0.25, 0.3) is 5.91 Å². The number of benzene rings is 1. The third kappa shape index (κ3) is 2.52. The highest BCUT2D eigenvalue weighted by atomic mass is 79.9. The summed E-state index contributed by atoms with van der Waals surface area (Å²) in [6, 6.07) is 7.68. The van der Waals surface area contributed by atoms with Gasteiger partial charge in [-0.3, -0.25) is 4.79 Å². The molecule has 0 atom stereocenters. The fraction of sp³-hybridized carbons (Fsp3) is 0.375. The zero-order valence-corrected chi connectivity index (χ0v) is 15.4. The number of rotatable bonds is 2. The highest BCUT2D eigenvalue weighted by Gasteiger charge is 2.52. The molecule has 0 saturated carbocycles. The second-order valence-corrected chi connectivity index (χ2v) is 8.52. The van der Waals surface area contributed by atoms with E-state index in [1.54, 1.807) is 11.3 Å². The number of carbonyl (C=O) groups excluding carboxylic acids is 1. The number of nitrogens with zero attached hydrogens (tertiary/aromatic N) is 2. The first-order chi connectivity index (χ1) is 11.1. The minimum Gasteiger partial charge on any atom is -0.381 e. The van der Waals surface area contributed by atoms with Crippen molar-refractivity contribution in [2.24, 2.45) is 0 Å². The molecule has 1 aromatic heterocycles. The van der Waals surface area contributed by atoms with Crippen LogP contribution in [-0.4, -0.2) is 29.0 Å². The molecule has 7 heteroatoms. The van der Waals surface area contributed by atoms with Crippen LogP contribution in [0.2, 0.25) is 5.02 Å². The van der Waals surface area contributed by atoms with Gasteiger partial charge in [-0.2, -0.15) is 0 Å². The highest BCUT2D eigenvalue weighted by molar-refractivity contribution is 9.11. The van der Waals surface area contributed by atoms with E-state index >= 15 is 0 Å². The average molecular weight is 414 g/mol. The number of carbonyl (C=O) groups is 1. The molecule has 4 nitrogen and oxygen atoms in total. The highest BCUT2D eigenvalue weighted by Crippen LogP contribution is 2.49. The van der Waals surface area contributed by atoms with Crippen LogP contribution >= 0.6 is 38.9 Å². The van der Waals surface area contributed by atoms with E-state index in [0.717, 1.165) is 27.2 Å². The van der Waals surface area contributed by atoms with Crippen molar-refractivity contribution in [3.63, 3.8) is 0 Å². The van der Waals surface area contributed by atoms with Gasteiger partial charge in [0, 0.05) is 24.8 Å². The number of fused-ring (bicyclic) bond motifs is 2. The predicted octanol–water partition coefficient (Wildman–Crippen LogP) is 4.22. The maximum atomic E-state index is 12.9. The zero-order valence-electron chi connectivity index (χ0n) is 12.2. The Hall–Kier alpha value is -0.950. The standard InChI is InChI=1S/C16H14BrClN2O2S/c17-15-19-12-13(23-15)16(4-6-22-7-5-16)20(14(12)21)9-10-2-1-3-11(18)8-10/h1-3,8H,4-7,9H2. The molecule has 3 heterocycles. The second kappa shape index (κ2) is 5.84. The van der Waals surface area contributed by atoms with E-state index in [1.165, 1.54) is 0 Å². The summed E-state index contributed by atoms with van der Waals surface area (Å²) < 4.78 is 6.31. The smallest absolute Gasteiger partial charge is 0.274 e. The number of amides is 1. The first kappa shape index (κ1) is 15.6. The monoisotopic (exact) mass is 412 g/mol. The summed E-state index contributed by atoms with van der Waals surface area (Å²) in [5.41, 5.74) is 1.33. The summed E-state index contributed by atoms with van der Waals surface area (Å²) in [5.74, 6) is 0.00354. The summed E-state index contributed by atoms with van der Waals surface area (Å²) in [7, 11) is 0. The molecule has 1 spiro atoms. The first-order valence-electron chi connectivity index (χ1n) is 7.41. The van der Waals surface area contributed by atoms with E-state index < -0.39 is 0 Å². The molecule has 1 amide bonds. The number of hydrogen-bond acceptors (Lipinski definition) is 4. The lowest BCUT2D eigenvalue weighted by molar-refractivity contribution is -0.0166. The van der Waals surface area contributed by atoms with Gasteiger partial charge >= 0.3 is 0 Å². The van der Waals surface area contributed by atoms with E-state index in [-0.39, 0.29) is 11.4 Å². The lowest BCUT2D eigenvalue weighted by Crippen LogP contribution is -2.46. The number of thiazole rings is 1. The third-order valence-corrected chi connectivity index (χ3v) is 6.47. The lowest BCUT2D eigenvalue weighted by atomic mass is 9.88. The average Bonchev–Trinajstić information content (AvgIpc) is 3.02. The molecule has 1 saturated heterocycles. The van der Waals surface area contributed by atoms with E-state index in [1.807, 2.05) is 29.2 Å². The molecule has 0 bridgehead atoms. The van der Waals surface area contributed by atoms with Crippen LogP contribution in [0.15, 0.2) is 28.2 Å². The first-order valence-corrected chi connectivity index (χ1v) is 9.40. The van der Waals surface area contributed by atoms with Gasteiger partial charge in [-0.1, -0.05) is 23.7 Å². The summed E-state index contributed by atoms with van der Waals surface area (Å²) in [4.78, 5) is 20.4. The predicted molar refractivity (Wildman–Crippen MR) is 92.9 cm³/mol. The van der Waals surface area contributed by atoms with Crippen molar-refractivity contribution in [3.05, 3.63) is 49.3 Å². The summed E-state index contributed by atoms with van der Waals surface area (Å²) >= 11 is 11.1. The van der Waals surface area contributed by atoms with Crippen LogP contribution in [0.3, 0.4) is 0 Å². The van der Waals surface area contributed by atoms with Crippen molar-refractivity contribution < 1.29 is 9.53 Å². The fourth-order valence-electron chi connectivity index (χ4n) is 3.45. The van der Waals surface area contributed by atoms with Crippen molar-refractivity contribution in [1.82, 2.24) is 9.88 Å². The van der Waals surface area contributed by atoms with Crippen LogP contribution in [0.4, 0.5) is 0 Å². The molecule has 0 radical (unpaired) electrons. The molecular formula is C16H14BrClN2O2S. The Morgan fingerprint density at radius 3 is 2.91 bits per heavy atom. The Morgan fingerprint density at radius 1 is 1.39 bits per heavy atom. The molecule has 120 valence electrons. The van der Waals surface area contributed by atoms with Crippen LogP contribution in [0.5, 0.6) is 0 Å². The number of hydrogen-bond donors (Lipinski definition) is 0. The zero-order chi connectivity index (χ0) is 16.0. The molecule has 4 rings (SSSR count). The summed E-state index contributed by atoms with van der Waals surface area (Å²) in [5, 5.41) is 0.686. The van der Waals surface area contributed by atoms with Crippen molar-refractivity contribution in [1.29, 1.82) is 0 Å². The van der Waals surface area contributed by atoms with Crippen molar-refractivity contribution in [3.8, 4) is 0 Å². The molecule has 0 N–H and O–H groups in total. The van der Waals surface area contributed by atoms with Crippen molar-refractivity contribution in [2.45, 2.75) is 24.9 Å². The van der Waals surface area contributed by atoms with Crippen molar-refractivity contribution >= 4 is 44.8 Å². The normalized spacial score (nSPS) is 19.4. The number of aromatic nitrogens is 1. The Morgan fingerprint density at radius 2 is 2.17 bits per heavy atom. The van der Waals surface area contributed by atoms with Crippen LogP contribution in [0.1, 0.15) is 33.8 Å². The Labute approximate surface area is 151 Å². The minimum atomic E-state index is -0.295. The molecule has 2 aliphatic rings. The SMILES string of the molecule is O=C1c2nc(Br)sc2C2(CCOCC2)N1Cc1cccc(Cl)c1. The topological polar surface area (TPSA) is 42.4 Å². The molecule has 0 aliphatic carbocycles. The lowest BCUT2D eigenvalue weighted by Gasteiger charge is -2.41. The van der Waals surface area contributed by atoms with Gasteiger partial charge in [0.15, 0.2) is 3.92 Å². The number of ether oxygens (including phenoxy) is 1. The maximum absolute atomic E-state index is 12.9. The van der Waals surface area contributed by atoms with E-state index in [0.29, 0.717) is 30.5 Å². The largest absolute Gasteiger partial charge is 0.381 e. The van der Waals surface area contributed by atoms with Crippen LogP contribution in [0.25, 0.3) is 0 Å². The van der Waals surface area contributed by atoms with Crippen LogP contribution < -0.4 is 0 Å². The van der Waals surface area contributed by atoms with Crippen LogP contribution in [0, 0.1) is 0 Å². The molecule has 1 aromatic carbocycles. The van der Waals surface area contributed by atoms with Gasteiger partial charge < -0.3 is 9.64 Å². The van der Waals surface area contributed by atoms with Gasteiger partial charge in [-0.15, -0.1) is 11.3 Å². The number of halogens is 2. The Kier molecular flexibility index (Phi) is 3.96. The summed E-state index contributed by atoms with van der Waals surface area (Å²) in [6.07, 6.45) is 1.61. The molecule has 0 unspecified atom stereocenters. The van der Waals surface area contributed by atoms with Gasteiger partial charge in [0.1, 0.15) is 5.69 Å². The molecule has 1 fully saturated rings. The van der Waals surface area contributed by atoms with E-state index in [2.05, 4.69) is 20.9 Å². The van der Waals surface area contributed by atoms with Gasteiger partial charge in [0.05, 0.1) is 10.4 Å². The molecular weight excluding hydrogens is 400 g/mol.